The lowest BCUT2D eigenvalue weighted by Crippen LogP contribution is -2.32. The molecule has 2 heterocycles. The number of benzene rings is 4. The molecule has 0 unspecified atom stereocenters. The van der Waals surface area contributed by atoms with Gasteiger partial charge in [-0.25, -0.2) is 9.59 Å². The van der Waals surface area contributed by atoms with E-state index < -0.39 is 24.1 Å². The number of ether oxygens (including phenoxy) is 2. The highest BCUT2D eigenvalue weighted by molar-refractivity contribution is 6.07. The van der Waals surface area contributed by atoms with Crippen LogP contribution in [0.5, 0.6) is 0 Å². The van der Waals surface area contributed by atoms with Gasteiger partial charge < -0.3 is 20.9 Å². The van der Waals surface area contributed by atoms with Crippen LogP contribution in [0, 0.1) is 0 Å². The molecule has 1 atom stereocenters. The Hall–Kier alpha value is -5.90. The summed E-state index contributed by atoms with van der Waals surface area (Å²) in [5.74, 6) is -0.393. The molecule has 0 saturated carbocycles. The highest BCUT2D eigenvalue weighted by Gasteiger charge is 2.30. The molecular weight excluding hydrogens is 560 g/mol. The average Bonchev–Trinajstić information content (AvgIpc) is 3.21. The number of anilines is 4. The van der Waals surface area contributed by atoms with Crippen molar-refractivity contribution < 1.29 is 28.7 Å². The third-order valence-electron chi connectivity index (χ3n) is 7.04. The van der Waals surface area contributed by atoms with Crippen LogP contribution in [0.1, 0.15) is 42.2 Å². The van der Waals surface area contributed by atoms with E-state index in [0.717, 1.165) is 22.4 Å². The average molecular weight is 591 g/mol. The zero-order chi connectivity index (χ0) is 31.4. The maximum Gasteiger partial charge on any atom is 0.323 e. The number of rotatable bonds is 2. The molecule has 10 heteroatoms. The maximum absolute atomic E-state index is 12.0. The molecule has 0 radical (unpaired) electrons. The Labute approximate surface area is 254 Å². The number of para-hydroxylation sites is 4. The molecule has 0 spiro atoms. The summed E-state index contributed by atoms with van der Waals surface area (Å²) in [7, 11) is 0. The standard InChI is InChI=1S/C17H16N2O3.C17H14N2O3/c2*1-11(20)22-16-10-12-6-2-4-8-14(12)19(17(18)21)15-9-5-3-7-13(15)16/h2-9,16H,10H2,1H3,(H2,18,21);2-10H,1H3,(H2,18,21)/t16-;/m0./s1. The van der Waals surface area contributed by atoms with Gasteiger partial charge in [-0.1, -0.05) is 66.7 Å². The van der Waals surface area contributed by atoms with E-state index in [2.05, 4.69) is 0 Å². The summed E-state index contributed by atoms with van der Waals surface area (Å²) in [5.41, 5.74) is 16.8. The number of amides is 4. The minimum atomic E-state index is -0.600. The summed E-state index contributed by atoms with van der Waals surface area (Å²) < 4.78 is 10.8. The quantitative estimate of drug-likeness (QED) is 0.261. The summed E-state index contributed by atoms with van der Waals surface area (Å²) >= 11 is 0. The highest BCUT2D eigenvalue weighted by Crippen LogP contribution is 2.42. The van der Waals surface area contributed by atoms with Crippen molar-refractivity contribution in [1.29, 1.82) is 0 Å². The van der Waals surface area contributed by atoms with Crippen molar-refractivity contribution in [3.05, 3.63) is 119 Å². The number of esters is 2. The summed E-state index contributed by atoms with van der Waals surface area (Å²) in [4.78, 5) is 49.7. The summed E-state index contributed by atoms with van der Waals surface area (Å²) in [6.07, 6.45) is 1.79. The fourth-order valence-electron chi connectivity index (χ4n) is 5.36. The first-order valence-corrected chi connectivity index (χ1v) is 13.8. The SMILES string of the molecule is CC(=O)OC1=Cc2ccccc2N(C(N)=O)c2ccccc21.CC(=O)O[C@H]1Cc2ccccc2N(C(N)=O)c2ccccc21. The van der Waals surface area contributed by atoms with Gasteiger partial charge >= 0.3 is 24.0 Å². The monoisotopic (exact) mass is 590 g/mol. The second-order valence-corrected chi connectivity index (χ2v) is 10.0. The zero-order valence-electron chi connectivity index (χ0n) is 24.1. The predicted molar refractivity (Wildman–Crippen MR) is 167 cm³/mol. The van der Waals surface area contributed by atoms with Gasteiger partial charge in [0.15, 0.2) is 0 Å². The first-order valence-electron chi connectivity index (χ1n) is 13.8. The Morgan fingerprint density at radius 2 is 1.20 bits per heavy atom. The molecule has 0 fully saturated rings. The number of hydrogen-bond donors (Lipinski definition) is 2. The lowest BCUT2D eigenvalue weighted by Gasteiger charge is -2.23. The van der Waals surface area contributed by atoms with Gasteiger partial charge in [0.2, 0.25) is 0 Å². The molecule has 4 N–H and O–H groups in total. The summed E-state index contributed by atoms with van der Waals surface area (Å²) in [6, 6.07) is 28.1. The third-order valence-corrected chi connectivity index (χ3v) is 7.04. The zero-order valence-corrected chi connectivity index (χ0v) is 24.1. The number of nitrogens with two attached hydrogens (primary N) is 2. The molecule has 4 amide bonds. The van der Waals surface area contributed by atoms with Crippen molar-refractivity contribution in [2.45, 2.75) is 26.4 Å². The lowest BCUT2D eigenvalue weighted by molar-refractivity contribution is -0.146. The molecule has 2 aliphatic rings. The molecule has 0 aromatic heterocycles. The molecule has 4 aromatic rings. The normalized spacial score (nSPS) is 14.4. The Bertz CT molecular complexity index is 1790. The minimum absolute atomic E-state index is 0.357. The van der Waals surface area contributed by atoms with Crippen LogP contribution < -0.4 is 21.3 Å². The fraction of sp³-hybridized carbons (Fsp3) is 0.118. The second-order valence-electron chi connectivity index (χ2n) is 10.0. The largest absolute Gasteiger partial charge is 0.457 e. The number of carbonyl (C=O) groups excluding carboxylic acids is 4. The van der Waals surface area contributed by atoms with Crippen molar-refractivity contribution in [2.75, 3.05) is 9.80 Å². The molecule has 2 aliphatic heterocycles. The van der Waals surface area contributed by atoms with Gasteiger partial charge in [-0.3, -0.25) is 19.4 Å². The summed E-state index contributed by atoms with van der Waals surface area (Å²) in [6.45, 7) is 2.72. The van der Waals surface area contributed by atoms with Crippen molar-refractivity contribution in [3.63, 3.8) is 0 Å². The summed E-state index contributed by atoms with van der Waals surface area (Å²) in [5, 5.41) is 0. The number of fused-ring (bicyclic) bond motifs is 4. The Morgan fingerprint density at radius 1 is 0.659 bits per heavy atom. The van der Waals surface area contributed by atoms with Crippen LogP contribution in [0.25, 0.3) is 11.8 Å². The molecule has 0 aliphatic carbocycles. The lowest BCUT2D eigenvalue weighted by atomic mass is 10.0. The van der Waals surface area contributed by atoms with E-state index in [1.165, 1.54) is 23.6 Å². The van der Waals surface area contributed by atoms with E-state index in [-0.39, 0.29) is 5.97 Å². The highest BCUT2D eigenvalue weighted by atomic mass is 16.5. The molecular formula is C34H30N4O6. The third kappa shape index (κ3) is 6.00. The van der Waals surface area contributed by atoms with E-state index in [1.807, 2.05) is 66.7 Å². The van der Waals surface area contributed by atoms with E-state index >= 15 is 0 Å². The first-order chi connectivity index (χ1) is 21.2. The van der Waals surface area contributed by atoms with Gasteiger partial charge in [0.25, 0.3) is 0 Å². The Balaban J connectivity index is 0.000000175. The molecule has 6 rings (SSSR count). The molecule has 222 valence electrons. The number of primary amides is 2. The first kappa shape index (κ1) is 29.6. The van der Waals surface area contributed by atoms with Gasteiger partial charge in [-0.2, -0.15) is 0 Å². The van der Waals surface area contributed by atoms with Crippen LogP contribution in [-0.2, 0) is 25.5 Å². The van der Waals surface area contributed by atoms with Crippen LogP contribution in [0.3, 0.4) is 0 Å². The van der Waals surface area contributed by atoms with Crippen LogP contribution in [0.15, 0.2) is 97.1 Å². The van der Waals surface area contributed by atoms with Crippen molar-refractivity contribution in [2.24, 2.45) is 11.5 Å². The van der Waals surface area contributed by atoms with E-state index in [0.29, 0.717) is 34.8 Å². The van der Waals surface area contributed by atoms with Crippen molar-refractivity contribution in [1.82, 2.24) is 0 Å². The van der Waals surface area contributed by atoms with Gasteiger partial charge in [-0.05, 0) is 42.0 Å². The predicted octanol–water partition coefficient (Wildman–Crippen LogP) is 6.34. The van der Waals surface area contributed by atoms with Crippen molar-refractivity contribution >= 4 is 58.6 Å². The van der Waals surface area contributed by atoms with E-state index in [9.17, 15) is 19.2 Å². The van der Waals surface area contributed by atoms with E-state index in [4.69, 9.17) is 20.9 Å². The Kier molecular flexibility index (Phi) is 8.43. The topological polar surface area (TPSA) is 145 Å². The maximum atomic E-state index is 12.0. The fourth-order valence-corrected chi connectivity index (χ4v) is 5.36. The number of carbonyl (C=O) groups is 4. The number of hydrogen-bond acceptors (Lipinski definition) is 6. The van der Waals surface area contributed by atoms with Gasteiger partial charge in [0.1, 0.15) is 11.9 Å². The van der Waals surface area contributed by atoms with Gasteiger partial charge in [0, 0.05) is 37.0 Å². The smallest absolute Gasteiger partial charge is 0.323 e. The molecule has 4 aromatic carbocycles. The van der Waals surface area contributed by atoms with Crippen LogP contribution in [0.4, 0.5) is 32.3 Å². The molecule has 10 nitrogen and oxygen atoms in total. The van der Waals surface area contributed by atoms with Crippen molar-refractivity contribution in [3.8, 4) is 0 Å². The molecule has 44 heavy (non-hydrogen) atoms. The Morgan fingerprint density at radius 3 is 1.86 bits per heavy atom. The number of urea groups is 2. The van der Waals surface area contributed by atoms with Crippen LogP contribution in [-0.4, -0.2) is 24.0 Å². The second kappa shape index (κ2) is 12.5. The number of nitrogens with zero attached hydrogens (tertiary/aromatic N) is 2. The van der Waals surface area contributed by atoms with Gasteiger partial charge in [0.05, 0.1) is 22.7 Å². The van der Waals surface area contributed by atoms with Gasteiger partial charge in [-0.15, -0.1) is 0 Å². The molecule has 0 bridgehead atoms. The van der Waals surface area contributed by atoms with Crippen LogP contribution in [0.2, 0.25) is 0 Å². The van der Waals surface area contributed by atoms with Crippen LogP contribution >= 0.6 is 0 Å². The molecule has 0 saturated heterocycles. The minimum Gasteiger partial charge on any atom is -0.457 e. The van der Waals surface area contributed by atoms with E-state index in [1.54, 1.807) is 36.4 Å².